The smallest absolute Gasteiger partial charge is 0.164 e. The lowest BCUT2D eigenvalue weighted by atomic mass is 10.00. The summed E-state index contributed by atoms with van der Waals surface area (Å²) >= 11 is 0. The van der Waals surface area contributed by atoms with Crippen LogP contribution in [0.4, 0.5) is 0 Å². The summed E-state index contributed by atoms with van der Waals surface area (Å²) in [5.41, 5.74) is 9.80. The van der Waals surface area contributed by atoms with E-state index in [4.69, 9.17) is 19.4 Å². The van der Waals surface area contributed by atoms with Gasteiger partial charge in [-0.3, -0.25) is 0 Å². The van der Waals surface area contributed by atoms with Crippen molar-refractivity contribution in [3.05, 3.63) is 194 Å². The fourth-order valence-electron chi connectivity index (χ4n) is 8.73. The summed E-state index contributed by atoms with van der Waals surface area (Å²) < 4.78 is 9.32. The zero-order valence-corrected chi connectivity index (χ0v) is 31.2. The third kappa shape index (κ3) is 5.07. The summed E-state index contributed by atoms with van der Waals surface area (Å²) in [6.45, 7) is 0. The zero-order chi connectivity index (χ0) is 38.2. The Morgan fingerprint density at radius 3 is 1.53 bits per heavy atom. The molecule has 270 valence electrons. The van der Waals surface area contributed by atoms with Crippen LogP contribution in [-0.2, 0) is 0 Å². The van der Waals surface area contributed by atoms with Gasteiger partial charge in [-0.1, -0.05) is 158 Å². The molecular weight excluding hydrogens is 709 g/mol. The highest BCUT2D eigenvalue weighted by molar-refractivity contribution is 6.29. The maximum atomic E-state index is 6.94. The van der Waals surface area contributed by atoms with Crippen LogP contribution >= 0.6 is 0 Å². The average molecular weight is 741 g/mol. The Balaban J connectivity index is 1.06. The Bertz CT molecular complexity index is 3470. The predicted molar refractivity (Wildman–Crippen MR) is 238 cm³/mol. The molecule has 5 heteroatoms. The lowest BCUT2D eigenvalue weighted by Crippen LogP contribution is -2.00. The molecule has 0 saturated carbocycles. The van der Waals surface area contributed by atoms with E-state index in [1.54, 1.807) is 0 Å². The van der Waals surface area contributed by atoms with Gasteiger partial charge in [0, 0.05) is 38.2 Å². The first-order valence-electron chi connectivity index (χ1n) is 19.5. The zero-order valence-electron chi connectivity index (χ0n) is 31.2. The summed E-state index contributed by atoms with van der Waals surface area (Å²) in [7, 11) is 0. The van der Waals surface area contributed by atoms with E-state index < -0.39 is 0 Å². The highest BCUT2D eigenvalue weighted by Gasteiger charge is 2.21. The second-order valence-electron chi connectivity index (χ2n) is 14.8. The molecule has 0 aliphatic rings. The molecule has 0 saturated heterocycles. The van der Waals surface area contributed by atoms with E-state index in [-0.39, 0.29) is 0 Å². The van der Waals surface area contributed by atoms with Gasteiger partial charge in [-0.25, -0.2) is 15.0 Å². The molecule has 0 amide bonds. The van der Waals surface area contributed by atoms with Gasteiger partial charge < -0.3 is 8.98 Å². The number of benzene rings is 9. The van der Waals surface area contributed by atoms with Crippen molar-refractivity contribution in [2.75, 3.05) is 0 Å². The Morgan fingerprint density at radius 2 is 0.862 bits per heavy atom. The van der Waals surface area contributed by atoms with Gasteiger partial charge in [0.25, 0.3) is 0 Å². The minimum atomic E-state index is 0.581. The summed E-state index contributed by atoms with van der Waals surface area (Å²) in [5, 5.41) is 9.48. The maximum absolute atomic E-state index is 6.94. The highest BCUT2D eigenvalue weighted by atomic mass is 16.3. The van der Waals surface area contributed by atoms with Crippen molar-refractivity contribution in [1.29, 1.82) is 0 Å². The van der Waals surface area contributed by atoms with Crippen LogP contribution in [0.2, 0.25) is 0 Å². The van der Waals surface area contributed by atoms with Gasteiger partial charge in [-0.2, -0.15) is 0 Å². The molecule has 0 radical (unpaired) electrons. The SMILES string of the molecule is c1ccc(-c2cccc(-c3nc(-c4ccccc4)nc(-c4ccc5c(c4)oc4c(-n6c7ccc8ccccc8c7c7c8ccccc8ccc76)cccc45)n3)c2)cc1. The first-order valence-corrected chi connectivity index (χ1v) is 19.5. The summed E-state index contributed by atoms with van der Waals surface area (Å²) in [4.78, 5) is 15.2. The van der Waals surface area contributed by atoms with E-state index in [0.29, 0.717) is 17.5 Å². The topological polar surface area (TPSA) is 56.7 Å². The summed E-state index contributed by atoms with van der Waals surface area (Å²) in [6, 6.07) is 67.9. The number of para-hydroxylation sites is 1. The minimum absolute atomic E-state index is 0.581. The summed E-state index contributed by atoms with van der Waals surface area (Å²) in [5.74, 6) is 1.81. The average Bonchev–Trinajstić information content (AvgIpc) is 3.85. The van der Waals surface area contributed by atoms with Crippen LogP contribution in [0.25, 0.3) is 116 Å². The number of hydrogen-bond donors (Lipinski definition) is 0. The first kappa shape index (κ1) is 32.4. The van der Waals surface area contributed by atoms with E-state index in [9.17, 15) is 0 Å². The number of nitrogens with zero attached hydrogens (tertiary/aromatic N) is 4. The van der Waals surface area contributed by atoms with Crippen molar-refractivity contribution in [3.8, 4) is 51.0 Å². The number of rotatable bonds is 5. The molecule has 0 N–H and O–H groups in total. The van der Waals surface area contributed by atoms with Crippen molar-refractivity contribution in [1.82, 2.24) is 19.5 Å². The van der Waals surface area contributed by atoms with Crippen LogP contribution in [0.1, 0.15) is 0 Å². The fraction of sp³-hybridized carbons (Fsp3) is 0. The van der Waals surface area contributed by atoms with Crippen LogP contribution in [0.5, 0.6) is 0 Å². The van der Waals surface area contributed by atoms with Gasteiger partial charge in [0.15, 0.2) is 23.1 Å². The van der Waals surface area contributed by atoms with Crippen molar-refractivity contribution < 1.29 is 4.42 Å². The molecule has 12 rings (SSSR count). The first-order chi connectivity index (χ1) is 28.7. The second kappa shape index (κ2) is 12.8. The largest absolute Gasteiger partial charge is 0.454 e. The number of furan rings is 1. The standard InChI is InChI=1S/C53H32N4O/c1-3-13-33(14-4-1)37-19-11-20-38(31-37)52-54-51(36-17-5-2-6-18-36)55-53(56-52)39-25-28-42-43-23-12-24-46(50(43)58-47(42)32-39)57-44-29-26-34-15-7-9-21-40(34)48(44)49-41-22-10-8-16-35(41)27-30-45(49)57/h1-32H. The van der Waals surface area contributed by atoms with Crippen molar-refractivity contribution in [3.63, 3.8) is 0 Å². The van der Waals surface area contributed by atoms with E-state index >= 15 is 0 Å². The van der Waals surface area contributed by atoms with Gasteiger partial charge in [0.05, 0.1) is 16.7 Å². The van der Waals surface area contributed by atoms with Gasteiger partial charge in [0.2, 0.25) is 0 Å². The fourth-order valence-corrected chi connectivity index (χ4v) is 8.73. The third-order valence-electron chi connectivity index (χ3n) is 11.4. The molecule has 58 heavy (non-hydrogen) atoms. The molecule has 5 nitrogen and oxygen atoms in total. The van der Waals surface area contributed by atoms with E-state index in [2.05, 4.69) is 162 Å². The summed E-state index contributed by atoms with van der Waals surface area (Å²) in [6.07, 6.45) is 0. The Hall–Kier alpha value is -7.89. The molecule has 0 unspecified atom stereocenters. The molecule has 0 aliphatic heterocycles. The lowest BCUT2D eigenvalue weighted by Gasteiger charge is -2.09. The van der Waals surface area contributed by atoms with Crippen molar-refractivity contribution in [2.24, 2.45) is 0 Å². The van der Waals surface area contributed by atoms with Gasteiger partial charge >= 0.3 is 0 Å². The Labute approximate surface area is 333 Å². The number of hydrogen-bond acceptors (Lipinski definition) is 4. The molecule has 0 aliphatic carbocycles. The molecule has 0 bridgehead atoms. The Morgan fingerprint density at radius 1 is 0.345 bits per heavy atom. The van der Waals surface area contributed by atoms with Gasteiger partial charge in [-0.15, -0.1) is 0 Å². The molecule has 9 aromatic carbocycles. The van der Waals surface area contributed by atoms with Gasteiger partial charge in [0.1, 0.15) is 5.58 Å². The second-order valence-corrected chi connectivity index (χ2v) is 14.8. The number of fused-ring (bicyclic) bond motifs is 10. The third-order valence-corrected chi connectivity index (χ3v) is 11.4. The van der Waals surface area contributed by atoms with Crippen LogP contribution in [0, 0.1) is 0 Å². The molecule has 3 heterocycles. The Kier molecular flexibility index (Phi) is 7.16. The van der Waals surface area contributed by atoms with E-state index in [0.717, 1.165) is 66.5 Å². The molecule has 0 spiro atoms. The van der Waals surface area contributed by atoms with Crippen LogP contribution in [0.15, 0.2) is 199 Å². The minimum Gasteiger partial charge on any atom is -0.454 e. The lowest BCUT2D eigenvalue weighted by molar-refractivity contribution is 0.666. The monoisotopic (exact) mass is 740 g/mol. The van der Waals surface area contributed by atoms with Crippen LogP contribution in [-0.4, -0.2) is 19.5 Å². The molecule has 12 aromatic rings. The molecule has 3 aromatic heterocycles. The quantitative estimate of drug-likeness (QED) is 0.176. The van der Waals surface area contributed by atoms with Crippen LogP contribution < -0.4 is 0 Å². The number of aromatic nitrogens is 4. The van der Waals surface area contributed by atoms with Gasteiger partial charge in [-0.05, 0) is 69.1 Å². The van der Waals surface area contributed by atoms with Crippen LogP contribution in [0.3, 0.4) is 0 Å². The molecule has 0 atom stereocenters. The highest BCUT2D eigenvalue weighted by Crippen LogP contribution is 2.43. The van der Waals surface area contributed by atoms with Crippen molar-refractivity contribution in [2.45, 2.75) is 0 Å². The normalized spacial score (nSPS) is 11.8. The van der Waals surface area contributed by atoms with E-state index in [1.807, 2.05) is 36.4 Å². The molecular formula is C53H32N4O. The maximum Gasteiger partial charge on any atom is 0.164 e. The molecule has 0 fully saturated rings. The van der Waals surface area contributed by atoms with Crippen molar-refractivity contribution >= 4 is 65.3 Å². The predicted octanol–water partition coefficient (Wildman–Crippen LogP) is 13.8. The van der Waals surface area contributed by atoms with E-state index in [1.165, 1.54) is 32.3 Å².